The van der Waals surface area contributed by atoms with Gasteiger partial charge in [-0.3, -0.25) is 4.79 Å². The van der Waals surface area contributed by atoms with Crippen LogP contribution in [0.25, 0.3) is 11.3 Å². The Balaban J connectivity index is 1.74. The summed E-state index contributed by atoms with van der Waals surface area (Å²) in [6.07, 6.45) is 0.108. The molecule has 0 radical (unpaired) electrons. The molecule has 1 heterocycles. The molecule has 3 aromatic rings. The van der Waals surface area contributed by atoms with Crippen LogP contribution in [-0.2, 0) is 0 Å². The molecule has 0 aliphatic carbocycles. The van der Waals surface area contributed by atoms with Gasteiger partial charge in [0.2, 0.25) is 0 Å². The van der Waals surface area contributed by atoms with Gasteiger partial charge < -0.3 is 19.3 Å². The average Bonchev–Trinajstić information content (AvgIpc) is 3.12. The number of amides is 1. The molecule has 0 saturated heterocycles. The number of benzene rings is 2. The molecule has 0 bridgehead atoms. The number of carbonyl (C=O) groups excluding carboxylic acids is 1. The molecule has 0 aliphatic rings. The molecule has 26 heavy (non-hydrogen) atoms. The molecule has 3 rings (SSSR count). The van der Waals surface area contributed by atoms with Gasteiger partial charge in [-0.2, -0.15) is 0 Å². The van der Waals surface area contributed by atoms with Crippen LogP contribution in [0.1, 0.15) is 24.3 Å². The number of hydrogen-bond acceptors (Lipinski definition) is 5. The normalized spacial score (nSPS) is 10.6. The Kier molecular flexibility index (Phi) is 5.22. The molecule has 6 heteroatoms. The fraction of sp³-hybridized carbons (Fsp3) is 0.200. The van der Waals surface area contributed by atoms with Crippen LogP contribution in [0.4, 0.5) is 5.69 Å². The minimum absolute atomic E-state index is 0.108. The maximum Gasteiger partial charge on any atom is 0.277 e. The summed E-state index contributed by atoms with van der Waals surface area (Å²) >= 11 is 0. The van der Waals surface area contributed by atoms with Crippen LogP contribution in [0.15, 0.2) is 59.1 Å². The van der Waals surface area contributed by atoms with E-state index in [1.807, 2.05) is 50.2 Å². The summed E-state index contributed by atoms with van der Waals surface area (Å²) < 4.78 is 16.1. The Morgan fingerprint density at radius 3 is 2.54 bits per heavy atom. The maximum atomic E-state index is 12.4. The summed E-state index contributed by atoms with van der Waals surface area (Å²) in [4.78, 5) is 12.4. The van der Waals surface area contributed by atoms with Crippen LogP contribution < -0.4 is 14.8 Å². The summed E-state index contributed by atoms with van der Waals surface area (Å²) in [5.74, 6) is 1.48. The van der Waals surface area contributed by atoms with E-state index in [1.165, 1.54) is 0 Å². The minimum atomic E-state index is -0.371. The van der Waals surface area contributed by atoms with Crippen molar-refractivity contribution in [3.05, 3.63) is 60.3 Å². The Morgan fingerprint density at radius 2 is 1.85 bits per heavy atom. The second-order valence-electron chi connectivity index (χ2n) is 5.92. The third kappa shape index (κ3) is 4.03. The predicted octanol–water partition coefficient (Wildman–Crippen LogP) is 4.39. The van der Waals surface area contributed by atoms with Crippen molar-refractivity contribution in [3.8, 4) is 22.8 Å². The summed E-state index contributed by atoms with van der Waals surface area (Å²) in [6.45, 7) is 3.94. The predicted molar refractivity (Wildman–Crippen MR) is 98.7 cm³/mol. The molecule has 6 nitrogen and oxygen atoms in total. The number of anilines is 1. The van der Waals surface area contributed by atoms with Crippen molar-refractivity contribution in [1.82, 2.24) is 5.16 Å². The fourth-order valence-electron chi connectivity index (χ4n) is 2.42. The van der Waals surface area contributed by atoms with Gasteiger partial charge in [0.25, 0.3) is 5.91 Å². The lowest BCUT2D eigenvalue weighted by Gasteiger charge is -2.09. The van der Waals surface area contributed by atoms with E-state index in [9.17, 15) is 4.79 Å². The number of methoxy groups -OCH3 is 1. The van der Waals surface area contributed by atoms with E-state index < -0.39 is 0 Å². The number of nitrogens with zero attached hydrogens (tertiary/aromatic N) is 1. The summed E-state index contributed by atoms with van der Waals surface area (Å²) in [5, 5.41) is 6.62. The van der Waals surface area contributed by atoms with E-state index >= 15 is 0 Å². The molecule has 0 spiro atoms. The van der Waals surface area contributed by atoms with Crippen molar-refractivity contribution in [3.63, 3.8) is 0 Å². The first-order chi connectivity index (χ1) is 12.6. The molecule has 1 N–H and O–H groups in total. The number of para-hydroxylation sites is 2. The van der Waals surface area contributed by atoms with E-state index in [0.29, 0.717) is 17.2 Å². The number of aromatic nitrogens is 1. The second kappa shape index (κ2) is 7.74. The molecule has 134 valence electrons. The number of ether oxygens (including phenoxy) is 2. The van der Waals surface area contributed by atoms with E-state index in [0.717, 1.165) is 11.3 Å². The van der Waals surface area contributed by atoms with Gasteiger partial charge in [-0.05, 0) is 50.2 Å². The van der Waals surface area contributed by atoms with Crippen molar-refractivity contribution in [2.24, 2.45) is 0 Å². The Morgan fingerprint density at radius 1 is 1.12 bits per heavy atom. The highest BCUT2D eigenvalue weighted by atomic mass is 16.5. The van der Waals surface area contributed by atoms with Crippen molar-refractivity contribution in [2.45, 2.75) is 20.0 Å². The lowest BCUT2D eigenvalue weighted by Crippen LogP contribution is -2.12. The van der Waals surface area contributed by atoms with Gasteiger partial charge in [0.15, 0.2) is 11.5 Å². The van der Waals surface area contributed by atoms with Crippen LogP contribution in [0.3, 0.4) is 0 Å². The molecular weight excluding hydrogens is 332 g/mol. The lowest BCUT2D eigenvalue weighted by atomic mass is 10.1. The third-order valence-electron chi connectivity index (χ3n) is 3.61. The van der Waals surface area contributed by atoms with E-state index in [2.05, 4.69) is 10.5 Å². The van der Waals surface area contributed by atoms with E-state index in [4.69, 9.17) is 14.0 Å². The molecule has 2 aromatic carbocycles. The van der Waals surface area contributed by atoms with Crippen LogP contribution in [-0.4, -0.2) is 24.3 Å². The average molecular weight is 352 g/mol. The van der Waals surface area contributed by atoms with Crippen molar-refractivity contribution >= 4 is 11.6 Å². The highest BCUT2D eigenvalue weighted by Gasteiger charge is 2.15. The Bertz CT molecular complexity index is 885. The first kappa shape index (κ1) is 17.5. The molecule has 0 atom stereocenters. The summed E-state index contributed by atoms with van der Waals surface area (Å²) in [7, 11) is 1.55. The number of nitrogens with one attached hydrogen (secondary N) is 1. The summed E-state index contributed by atoms with van der Waals surface area (Å²) in [6, 6.07) is 16.2. The van der Waals surface area contributed by atoms with Gasteiger partial charge in [-0.15, -0.1) is 0 Å². The van der Waals surface area contributed by atoms with Crippen molar-refractivity contribution < 1.29 is 18.8 Å². The van der Waals surface area contributed by atoms with E-state index in [-0.39, 0.29) is 17.7 Å². The summed E-state index contributed by atoms with van der Waals surface area (Å²) in [5.41, 5.74) is 1.57. The number of hydrogen-bond donors (Lipinski definition) is 1. The van der Waals surface area contributed by atoms with Crippen LogP contribution >= 0.6 is 0 Å². The largest absolute Gasteiger partial charge is 0.495 e. The highest BCUT2D eigenvalue weighted by Crippen LogP contribution is 2.26. The van der Waals surface area contributed by atoms with Gasteiger partial charge in [0.1, 0.15) is 11.5 Å². The van der Waals surface area contributed by atoms with E-state index in [1.54, 1.807) is 25.3 Å². The monoisotopic (exact) mass is 352 g/mol. The topological polar surface area (TPSA) is 73.6 Å². The van der Waals surface area contributed by atoms with Crippen molar-refractivity contribution in [2.75, 3.05) is 12.4 Å². The van der Waals surface area contributed by atoms with Gasteiger partial charge in [-0.1, -0.05) is 17.3 Å². The van der Waals surface area contributed by atoms with Crippen LogP contribution in [0.2, 0.25) is 0 Å². The van der Waals surface area contributed by atoms with Crippen LogP contribution in [0, 0.1) is 0 Å². The number of rotatable bonds is 6. The second-order valence-corrected chi connectivity index (χ2v) is 5.92. The van der Waals surface area contributed by atoms with Gasteiger partial charge in [0, 0.05) is 11.6 Å². The first-order valence-electron chi connectivity index (χ1n) is 8.25. The molecular formula is C20H20N2O4. The Labute approximate surface area is 151 Å². The fourth-order valence-corrected chi connectivity index (χ4v) is 2.42. The number of carbonyl (C=O) groups is 1. The highest BCUT2D eigenvalue weighted by molar-refractivity contribution is 6.04. The van der Waals surface area contributed by atoms with Gasteiger partial charge >= 0.3 is 0 Å². The Hall–Kier alpha value is -3.28. The zero-order chi connectivity index (χ0) is 18.5. The van der Waals surface area contributed by atoms with Gasteiger partial charge in [0.05, 0.1) is 18.9 Å². The zero-order valence-corrected chi connectivity index (χ0v) is 14.9. The van der Waals surface area contributed by atoms with Gasteiger partial charge in [-0.25, -0.2) is 0 Å². The molecule has 0 unspecified atom stereocenters. The molecule has 0 aliphatic heterocycles. The molecule has 0 saturated carbocycles. The molecule has 1 aromatic heterocycles. The first-order valence-corrected chi connectivity index (χ1v) is 8.25. The SMILES string of the molecule is COc1ccccc1NC(=O)c1cc(-c2ccc(OC(C)C)cc2)on1. The minimum Gasteiger partial charge on any atom is -0.495 e. The maximum absolute atomic E-state index is 12.4. The zero-order valence-electron chi connectivity index (χ0n) is 14.9. The quantitative estimate of drug-likeness (QED) is 0.712. The standard InChI is InChI=1S/C20H20N2O4/c1-13(2)25-15-10-8-14(9-11-15)19-12-17(22-26-19)20(23)21-16-6-4-5-7-18(16)24-3/h4-13H,1-3H3,(H,21,23). The third-order valence-corrected chi connectivity index (χ3v) is 3.61. The smallest absolute Gasteiger partial charge is 0.277 e. The van der Waals surface area contributed by atoms with Crippen molar-refractivity contribution in [1.29, 1.82) is 0 Å². The van der Waals surface area contributed by atoms with Crippen LogP contribution in [0.5, 0.6) is 11.5 Å². The lowest BCUT2D eigenvalue weighted by molar-refractivity contribution is 0.101. The molecule has 1 amide bonds. The molecule has 0 fully saturated rings.